The van der Waals surface area contributed by atoms with Crippen LogP contribution in [0.5, 0.6) is 0 Å². The summed E-state index contributed by atoms with van der Waals surface area (Å²) in [5.74, 6) is 0. The van der Waals surface area contributed by atoms with E-state index in [0.717, 1.165) is 28.3 Å². The molecule has 0 saturated heterocycles. The van der Waals surface area contributed by atoms with Crippen molar-refractivity contribution in [1.82, 2.24) is 0 Å². The van der Waals surface area contributed by atoms with Crippen molar-refractivity contribution in [1.29, 1.82) is 0 Å². The van der Waals surface area contributed by atoms with Crippen molar-refractivity contribution in [3.05, 3.63) is 114 Å². The predicted molar refractivity (Wildman–Crippen MR) is 132 cm³/mol. The van der Waals surface area contributed by atoms with Gasteiger partial charge in [-0.3, -0.25) is 5.01 Å². The van der Waals surface area contributed by atoms with Gasteiger partial charge < -0.3 is 5.32 Å². The highest BCUT2D eigenvalue weighted by Crippen LogP contribution is 2.44. The minimum absolute atomic E-state index is 0.717. The molecular formula is C27H23N3S. The molecule has 4 heteroatoms. The Hall–Kier alpha value is -3.50. The molecule has 3 nitrogen and oxygen atoms in total. The Bertz CT molecular complexity index is 1220. The number of fused-ring (bicyclic) bond motifs is 2. The van der Waals surface area contributed by atoms with Gasteiger partial charge in [0.15, 0.2) is 0 Å². The van der Waals surface area contributed by atoms with Crippen molar-refractivity contribution in [3.8, 4) is 0 Å². The maximum Gasteiger partial charge on any atom is 0.0666 e. The normalized spacial score (nSPS) is 12.5. The number of anilines is 3. The van der Waals surface area contributed by atoms with E-state index in [1.165, 1.54) is 15.4 Å². The van der Waals surface area contributed by atoms with E-state index >= 15 is 0 Å². The van der Waals surface area contributed by atoms with E-state index in [4.69, 9.17) is 5.10 Å². The van der Waals surface area contributed by atoms with Crippen LogP contribution in [0.25, 0.3) is 0 Å². The van der Waals surface area contributed by atoms with Gasteiger partial charge in [0.05, 0.1) is 29.3 Å². The van der Waals surface area contributed by atoms with Gasteiger partial charge in [-0.1, -0.05) is 78.5 Å². The molecule has 0 unspecified atom stereocenters. The quantitative estimate of drug-likeness (QED) is 0.238. The van der Waals surface area contributed by atoms with Crippen LogP contribution < -0.4 is 10.3 Å². The summed E-state index contributed by atoms with van der Waals surface area (Å²) in [4.78, 5) is 2.49. The lowest BCUT2D eigenvalue weighted by molar-refractivity contribution is 0.854. The molecule has 0 radical (unpaired) electrons. The van der Waals surface area contributed by atoms with Crippen molar-refractivity contribution >= 4 is 34.5 Å². The Labute approximate surface area is 187 Å². The van der Waals surface area contributed by atoms with E-state index in [2.05, 4.69) is 108 Å². The number of nitrogens with zero attached hydrogens (tertiary/aromatic N) is 2. The minimum Gasteiger partial charge on any atom is -0.354 e. The van der Waals surface area contributed by atoms with E-state index in [1.807, 2.05) is 12.1 Å². The third-order valence-electron chi connectivity index (χ3n) is 5.27. The van der Waals surface area contributed by atoms with Gasteiger partial charge in [-0.15, -0.1) is 0 Å². The Balaban J connectivity index is 1.46. The lowest BCUT2D eigenvalue weighted by Crippen LogP contribution is -2.18. The zero-order valence-electron chi connectivity index (χ0n) is 17.3. The Morgan fingerprint density at radius 1 is 0.774 bits per heavy atom. The number of hydrazone groups is 1. The molecule has 0 aromatic heterocycles. The molecule has 0 saturated carbocycles. The van der Waals surface area contributed by atoms with Crippen LogP contribution in [-0.2, 0) is 6.54 Å². The number of benzene rings is 4. The van der Waals surface area contributed by atoms with E-state index in [1.54, 1.807) is 11.8 Å². The molecule has 1 heterocycles. The van der Waals surface area contributed by atoms with E-state index in [-0.39, 0.29) is 0 Å². The Morgan fingerprint density at radius 3 is 2.26 bits per heavy atom. The van der Waals surface area contributed by atoms with Crippen LogP contribution in [0.1, 0.15) is 18.1 Å². The van der Waals surface area contributed by atoms with Crippen LogP contribution in [0, 0.1) is 0 Å². The van der Waals surface area contributed by atoms with Gasteiger partial charge >= 0.3 is 0 Å². The summed E-state index contributed by atoms with van der Waals surface area (Å²) in [6.45, 7) is 2.79. The standard InChI is InChI=1S/C27H23N3S/c1-20(22-16-17-27-25(18-22)28-24-14-8-9-15-26(24)31-27)29-30(23-12-6-3-7-13-23)19-21-10-4-2-5-11-21/h2-18,28H,19H2,1H3/b29-20-. The predicted octanol–water partition coefficient (Wildman–Crippen LogP) is 7.33. The first-order valence-electron chi connectivity index (χ1n) is 10.4. The van der Waals surface area contributed by atoms with Gasteiger partial charge in [0.1, 0.15) is 0 Å². The number of para-hydroxylation sites is 2. The van der Waals surface area contributed by atoms with E-state index < -0.39 is 0 Å². The minimum atomic E-state index is 0.717. The second kappa shape index (κ2) is 8.70. The summed E-state index contributed by atoms with van der Waals surface area (Å²) in [5.41, 5.74) is 6.68. The van der Waals surface area contributed by atoms with Crippen molar-refractivity contribution in [3.63, 3.8) is 0 Å². The molecule has 1 N–H and O–H groups in total. The number of hydrogen-bond acceptors (Lipinski definition) is 4. The first-order chi connectivity index (χ1) is 15.3. The van der Waals surface area contributed by atoms with Crippen LogP contribution in [0.4, 0.5) is 17.1 Å². The van der Waals surface area contributed by atoms with E-state index in [9.17, 15) is 0 Å². The van der Waals surface area contributed by atoms with Gasteiger partial charge in [-0.25, -0.2) is 0 Å². The third-order valence-corrected chi connectivity index (χ3v) is 6.43. The summed E-state index contributed by atoms with van der Waals surface area (Å²) in [6, 6.07) is 35.7. The van der Waals surface area contributed by atoms with Gasteiger partial charge in [0.25, 0.3) is 0 Å². The maximum absolute atomic E-state index is 5.02. The molecule has 0 bridgehead atoms. The van der Waals surface area contributed by atoms with Gasteiger partial charge in [-0.05, 0) is 54.4 Å². The smallest absolute Gasteiger partial charge is 0.0666 e. The highest BCUT2D eigenvalue weighted by Gasteiger charge is 2.16. The van der Waals surface area contributed by atoms with Crippen molar-refractivity contribution in [2.45, 2.75) is 23.3 Å². The van der Waals surface area contributed by atoms with Crippen LogP contribution >= 0.6 is 11.8 Å². The molecular weight excluding hydrogens is 398 g/mol. The second-order valence-corrected chi connectivity index (χ2v) is 8.58. The lowest BCUT2D eigenvalue weighted by Gasteiger charge is -2.23. The van der Waals surface area contributed by atoms with Gasteiger partial charge in [-0.2, -0.15) is 5.10 Å². The highest BCUT2D eigenvalue weighted by atomic mass is 32.2. The molecule has 152 valence electrons. The van der Waals surface area contributed by atoms with Crippen molar-refractivity contribution in [2.75, 3.05) is 10.3 Å². The van der Waals surface area contributed by atoms with Crippen LogP contribution in [0.3, 0.4) is 0 Å². The largest absolute Gasteiger partial charge is 0.354 e. The molecule has 4 aromatic carbocycles. The van der Waals surface area contributed by atoms with E-state index in [0.29, 0.717) is 6.54 Å². The topological polar surface area (TPSA) is 27.6 Å². The summed E-state index contributed by atoms with van der Waals surface area (Å²) in [6.07, 6.45) is 0. The lowest BCUT2D eigenvalue weighted by atomic mass is 10.1. The molecule has 0 spiro atoms. The average molecular weight is 422 g/mol. The zero-order valence-corrected chi connectivity index (χ0v) is 18.1. The third kappa shape index (κ3) is 4.35. The molecule has 0 amide bonds. The van der Waals surface area contributed by atoms with Gasteiger partial charge in [0, 0.05) is 9.79 Å². The Kier molecular flexibility index (Phi) is 5.46. The average Bonchev–Trinajstić information content (AvgIpc) is 2.83. The summed E-state index contributed by atoms with van der Waals surface area (Å²) >= 11 is 1.80. The molecule has 0 aliphatic carbocycles. The van der Waals surface area contributed by atoms with Gasteiger partial charge in [0.2, 0.25) is 0 Å². The summed E-state index contributed by atoms with van der Waals surface area (Å²) in [5, 5.41) is 10.7. The first kappa shape index (κ1) is 19.5. The molecule has 4 aromatic rings. The van der Waals surface area contributed by atoms with Crippen LogP contribution in [0.15, 0.2) is 118 Å². The second-order valence-electron chi connectivity index (χ2n) is 7.50. The molecule has 0 atom stereocenters. The number of rotatable bonds is 5. The summed E-state index contributed by atoms with van der Waals surface area (Å²) in [7, 11) is 0. The molecule has 1 aliphatic heterocycles. The first-order valence-corrected chi connectivity index (χ1v) is 11.2. The maximum atomic E-state index is 5.02. The highest BCUT2D eigenvalue weighted by molar-refractivity contribution is 7.99. The fraction of sp³-hybridized carbons (Fsp3) is 0.0741. The molecule has 0 fully saturated rings. The Morgan fingerprint density at radius 2 is 1.45 bits per heavy atom. The molecule has 1 aliphatic rings. The SMILES string of the molecule is C/C(=N/N(Cc1ccccc1)c1ccccc1)c1ccc2c(c1)Nc1ccccc1S2. The fourth-order valence-corrected chi connectivity index (χ4v) is 4.61. The fourth-order valence-electron chi connectivity index (χ4n) is 3.64. The number of hydrogen-bond donors (Lipinski definition) is 1. The summed E-state index contributed by atoms with van der Waals surface area (Å²) < 4.78 is 0. The number of nitrogens with one attached hydrogen (secondary N) is 1. The van der Waals surface area contributed by atoms with Crippen LogP contribution in [0.2, 0.25) is 0 Å². The molecule has 5 rings (SSSR count). The van der Waals surface area contributed by atoms with Crippen molar-refractivity contribution in [2.24, 2.45) is 5.10 Å². The van der Waals surface area contributed by atoms with Crippen molar-refractivity contribution < 1.29 is 0 Å². The van der Waals surface area contributed by atoms with Crippen LogP contribution in [-0.4, -0.2) is 5.71 Å². The monoisotopic (exact) mass is 421 g/mol. The zero-order chi connectivity index (χ0) is 21.0. The molecule has 31 heavy (non-hydrogen) atoms.